The largest absolute Gasteiger partial charge is 0.339 e. The monoisotopic (exact) mass is 365 g/mol. The molecule has 0 saturated carbocycles. The van der Waals surface area contributed by atoms with Gasteiger partial charge in [0.1, 0.15) is 6.04 Å². The van der Waals surface area contributed by atoms with Crippen molar-refractivity contribution in [3.63, 3.8) is 0 Å². The molecular formula is C21H23N3OS. The van der Waals surface area contributed by atoms with Gasteiger partial charge in [0.2, 0.25) is 5.91 Å². The molecule has 0 radical (unpaired) electrons. The molecule has 2 aromatic carbocycles. The van der Waals surface area contributed by atoms with Crippen LogP contribution < -0.4 is 0 Å². The number of benzene rings is 2. The predicted molar refractivity (Wildman–Crippen MR) is 105 cm³/mol. The highest BCUT2D eigenvalue weighted by atomic mass is 32.2. The van der Waals surface area contributed by atoms with E-state index in [-0.39, 0.29) is 11.9 Å². The number of nitriles is 1. The molecule has 0 bridgehead atoms. The third kappa shape index (κ3) is 4.66. The molecule has 2 aromatic rings. The number of piperazine rings is 1. The minimum absolute atomic E-state index is 0.170. The number of hydrogen-bond donors (Lipinski definition) is 0. The first-order valence-corrected chi connectivity index (χ1v) is 9.82. The number of nitrogens with zero attached hydrogens (tertiary/aromatic N) is 3. The molecule has 0 spiro atoms. The lowest BCUT2D eigenvalue weighted by Gasteiger charge is -2.37. The lowest BCUT2D eigenvalue weighted by atomic mass is 10.1. The molecule has 1 fully saturated rings. The quantitative estimate of drug-likeness (QED) is 0.761. The molecular weight excluding hydrogens is 342 g/mol. The van der Waals surface area contributed by atoms with Crippen LogP contribution in [0.25, 0.3) is 0 Å². The van der Waals surface area contributed by atoms with Crippen molar-refractivity contribution in [1.82, 2.24) is 9.80 Å². The fourth-order valence-corrected chi connectivity index (χ4v) is 3.90. The number of amides is 1. The normalized spacial score (nSPS) is 16.1. The number of rotatable bonds is 5. The summed E-state index contributed by atoms with van der Waals surface area (Å²) in [6.45, 7) is 4.88. The van der Waals surface area contributed by atoms with E-state index >= 15 is 0 Å². The first kappa shape index (κ1) is 18.5. The van der Waals surface area contributed by atoms with Crippen molar-refractivity contribution in [2.45, 2.75) is 17.9 Å². The van der Waals surface area contributed by atoms with Gasteiger partial charge in [-0.05, 0) is 24.6 Å². The van der Waals surface area contributed by atoms with Crippen LogP contribution in [-0.4, -0.2) is 47.6 Å². The predicted octanol–water partition coefficient (Wildman–Crippen LogP) is 3.50. The molecule has 26 heavy (non-hydrogen) atoms. The van der Waals surface area contributed by atoms with Crippen LogP contribution in [-0.2, 0) is 4.79 Å². The van der Waals surface area contributed by atoms with E-state index in [9.17, 15) is 10.1 Å². The Balaban J connectivity index is 1.50. The van der Waals surface area contributed by atoms with E-state index in [0.29, 0.717) is 18.8 Å². The number of aryl methyl sites for hydroxylation is 1. The minimum Gasteiger partial charge on any atom is -0.339 e. The first-order chi connectivity index (χ1) is 12.7. The topological polar surface area (TPSA) is 47.3 Å². The molecule has 0 aliphatic carbocycles. The second-order valence-corrected chi connectivity index (χ2v) is 7.51. The van der Waals surface area contributed by atoms with Gasteiger partial charge >= 0.3 is 0 Å². The summed E-state index contributed by atoms with van der Waals surface area (Å²) in [6, 6.07) is 20.3. The van der Waals surface area contributed by atoms with Gasteiger partial charge in [0.15, 0.2) is 0 Å². The summed E-state index contributed by atoms with van der Waals surface area (Å²) < 4.78 is 0. The average molecular weight is 366 g/mol. The maximum atomic E-state index is 12.5. The lowest BCUT2D eigenvalue weighted by molar-refractivity contribution is -0.130. The summed E-state index contributed by atoms with van der Waals surface area (Å²) in [5.41, 5.74) is 2.24. The van der Waals surface area contributed by atoms with Gasteiger partial charge in [0.25, 0.3) is 0 Å². The third-order valence-electron chi connectivity index (χ3n) is 4.65. The van der Waals surface area contributed by atoms with Gasteiger partial charge in [-0.3, -0.25) is 9.69 Å². The lowest BCUT2D eigenvalue weighted by Crippen LogP contribution is -2.50. The van der Waals surface area contributed by atoms with Gasteiger partial charge in [-0.15, -0.1) is 11.8 Å². The summed E-state index contributed by atoms with van der Waals surface area (Å²) >= 11 is 1.58. The molecule has 0 unspecified atom stereocenters. The van der Waals surface area contributed by atoms with Gasteiger partial charge in [-0.25, -0.2) is 0 Å². The Hall–Kier alpha value is -2.29. The molecule has 0 N–H and O–H groups in total. The first-order valence-electron chi connectivity index (χ1n) is 8.83. The van der Waals surface area contributed by atoms with Crippen molar-refractivity contribution in [3.05, 3.63) is 65.7 Å². The zero-order valence-electron chi connectivity index (χ0n) is 15.0. The van der Waals surface area contributed by atoms with Crippen LogP contribution >= 0.6 is 11.8 Å². The summed E-state index contributed by atoms with van der Waals surface area (Å²) in [5, 5.41) is 9.56. The number of carbonyl (C=O) groups is 1. The van der Waals surface area contributed by atoms with Gasteiger partial charge < -0.3 is 4.90 Å². The Morgan fingerprint density at radius 3 is 2.35 bits per heavy atom. The highest BCUT2D eigenvalue weighted by Crippen LogP contribution is 2.22. The molecule has 1 atom stereocenters. The van der Waals surface area contributed by atoms with Crippen LogP contribution in [0.5, 0.6) is 0 Å². The fourth-order valence-electron chi connectivity index (χ4n) is 3.10. The van der Waals surface area contributed by atoms with Crippen molar-refractivity contribution < 1.29 is 4.79 Å². The Morgan fingerprint density at radius 1 is 1.08 bits per heavy atom. The summed E-state index contributed by atoms with van der Waals surface area (Å²) in [5.74, 6) is 0.632. The zero-order chi connectivity index (χ0) is 18.4. The van der Waals surface area contributed by atoms with Gasteiger partial charge in [-0.2, -0.15) is 5.26 Å². The molecule has 1 amide bonds. The summed E-state index contributed by atoms with van der Waals surface area (Å²) in [6.07, 6.45) is 0. The van der Waals surface area contributed by atoms with Crippen molar-refractivity contribution >= 4 is 17.7 Å². The fraction of sp³-hybridized carbons (Fsp3) is 0.333. The van der Waals surface area contributed by atoms with Crippen LogP contribution in [0, 0.1) is 18.3 Å². The molecule has 1 aliphatic heterocycles. The third-order valence-corrected chi connectivity index (χ3v) is 5.65. The summed E-state index contributed by atoms with van der Waals surface area (Å²) in [4.78, 5) is 17.7. The van der Waals surface area contributed by atoms with Crippen LogP contribution in [0.3, 0.4) is 0 Å². The Morgan fingerprint density at radius 2 is 1.73 bits per heavy atom. The highest BCUT2D eigenvalue weighted by molar-refractivity contribution is 8.00. The molecule has 134 valence electrons. The number of thioether (sulfide) groups is 1. The van der Waals surface area contributed by atoms with Gasteiger partial charge in [0, 0.05) is 31.1 Å². The van der Waals surface area contributed by atoms with E-state index in [1.807, 2.05) is 35.2 Å². The number of carbonyl (C=O) groups excluding carboxylic acids is 1. The molecule has 1 heterocycles. The van der Waals surface area contributed by atoms with E-state index in [0.717, 1.165) is 23.5 Å². The highest BCUT2D eigenvalue weighted by Gasteiger charge is 2.26. The van der Waals surface area contributed by atoms with Crippen LogP contribution in [0.1, 0.15) is 17.2 Å². The van der Waals surface area contributed by atoms with Crippen molar-refractivity contribution in [1.29, 1.82) is 5.26 Å². The molecule has 1 aliphatic rings. The molecule has 0 aromatic heterocycles. The van der Waals surface area contributed by atoms with Crippen LogP contribution in [0.2, 0.25) is 0 Å². The Labute approximate surface area is 159 Å². The zero-order valence-corrected chi connectivity index (χ0v) is 15.8. The van der Waals surface area contributed by atoms with Crippen molar-refractivity contribution in [2.24, 2.45) is 0 Å². The summed E-state index contributed by atoms with van der Waals surface area (Å²) in [7, 11) is 0. The minimum atomic E-state index is -0.240. The Bertz CT molecular complexity index is 762. The second kappa shape index (κ2) is 8.88. The standard InChI is InChI=1S/C21H23N3OS/c1-17-7-9-19(10-8-17)26-16-21(25)24-13-11-23(12-14-24)20(15-22)18-5-3-2-4-6-18/h2-10,20H,11-14,16H2,1H3/t20-/m1/s1. The molecule has 5 heteroatoms. The Kier molecular flexibility index (Phi) is 6.32. The smallest absolute Gasteiger partial charge is 0.233 e. The maximum absolute atomic E-state index is 12.5. The molecule has 4 nitrogen and oxygen atoms in total. The van der Waals surface area contributed by atoms with Crippen molar-refractivity contribution in [3.8, 4) is 6.07 Å². The van der Waals surface area contributed by atoms with Gasteiger partial charge in [0.05, 0.1) is 11.8 Å². The van der Waals surface area contributed by atoms with E-state index in [1.54, 1.807) is 11.8 Å². The SMILES string of the molecule is Cc1ccc(SCC(=O)N2CCN([C@H](C#N)c3ccccc3)CC2)cc1. The second-order valence-electron chi connectivity index (χ2n) is 6.46. The van der Waals surface area contributed by atoms with Crippen LogP contribution in [0.15, 0.2) is 59.5 Å². The van der Waals surface area contributed by atoms with Crippen LogP contribution in [0.4, 0.5) is 0 Å². The van der Waals surface area contributed by atoms with E-state index in [2.05, 4.69) is 42.2 Å². The average Bonchev–Trinajstić information content (AvgIpc) is 2.69. The van der Waals surface area contributed by atoms with Gasteiger partial charge in [-0.1, -0.05) is 48.0 Å². The van der Waals surface area contributed by atoms with E-state index < -0.39 is 0 Å². The van der Waals surface area contributed by atoms with E-state index in [1.165, 1.54) is 5.56 Å². The molecule has 1 saturated heterocycles. The van der Waals surface area contributed by atoms with Crippen molar-refractivity contribution in [2.75, 3.05) is 31.9 Å². The maximum Gasteiger partial charge on any atom is 0.233 e. The molecule has 3 rings (SSSR count). The van der Waals surface area contributed by atoms with E-state index in [4.69, 9.17) is 0 Å². The number of hydrogen-bond acceptors (Lipinski definition) is 4.